The molecule has 1 amide bonds. The summed E-state index contributed by atoms with van der Waals surface area (Å²) in [6, 6.07) is 4.21. The Morgan fingerprint density at radius 2 is 2.06 bits per heavy atom. The number of amides is 1. The van der Waals surface area contributed by atoms with Crippen LogP contribution in [0, 0.1) is 5.82 Å². The quantitative estimate of drug-likeness (QED) is 0.858. The van der Waals surface area contributed by atoms with Gasteiger partial charge in [0.25, 0.3) is 5.91 Å². The molecule has 1 aromatic carbocycles. The number of halogens is 2. The summed E-state index contributed by atoms with van der Waals surface area (Å²) in [4.78, 5) is 13.1. The molecular formula is C13H17ClFN2O+. The molecule has 2 rings (SSSR count). The van der Waals surface area contributed by atoms with E-state index in [-0.39, 0.29) is 10.9 Å². The van der Waals surface area contributed by atoms with E-state index in [1.165, 1.54) is 42.4 Å². The molecule has 0 bridgehead atoms. The van der Waals surface area contributed by atoms with Gasteiger partial charge >= 0.3 is 0 Å². The molecule has 0 atom stereocenters. The molecule has 18 heavy (non-hydrogen) atoms. The maximum atomic E-state index is 13.0. The van der Waals surface area contributed by atoms with Gasteiger partial charge in [0, 0.05) is 5.69 Å². The lowest BCUT2D eigenvalue weighted by Crippen LogP contribution is -3.13. The van der Waals surface area contributed by atoms with E-state index in [4.69, 9.17) is 11.6 Å². The predicted octanol–water partition coefficient (Wildman–Crippen LogP) is 1.49. The van der Waals surface area contributed by atoms with E-state index in [2.05, 4.69) is 5.32 Å². The molecule has 1 heterocycles. The summed E-state index contributed by atoms with van der Waals surface area (Å²) >= 11 is 5.66. The smallest absolute Gasteiger partial charge is 0.279 e. The van der Waals surface area contributed by atoms with Crippen LogP contribution in [-0.2, 0) is 4.79 Å². The Kier molecular flexibility index (Phi) is 4.55. The van der Waals surface area contributed by atoms with Crippen molar-refractivity contribution in [3.05, 3.63) is 29.0 Å². The fourth-order valence-electron chi connectivity index (χ4n) is 2.23. The second-order valence-electron chi connectivity index (χ2n) is 4.66. The molecule has 0 saturated carbocycles. The average Bonchev–Trinajstić information content (AvgIpc) is 2.35. The zero-order valence-corrected chi connectivity index (χ0v) is 10.9. The van der Waals surface area contributed by atoms with Gasteiger partial charge in [-0.3, -0.25) is 4.79 Å². The van der Waals surface area contributed by atoms with Crippen LogP contribution in [0.1, 0.15) is 19.3 Å². The van der Waals surface area contributed by atoms with Crippen molar-refractivity contribution in [3.8, 4) is 0 Å². The maximum Gasteiger partial charge on any atom is 0.279 e. The predicted molar refractivity (Wildman–Crippen MR) is 69.5 cm³/mol. The first-order valence-electron chi connectivity index (χ1n) is 6.23. The zero-order valence-electron chi connectivity index (χ0n) is 10.1. The van der Waals surface area contributed by atoms with Gasteiger partial charge in [-0.1, -0.05) is 11.6 Å². The third kappa shape index (κ3) is 3.68. The van der Waals surface area contributed by atoms with E-state index >= 15 is 0 Å². The summed E-state index contributed by atoms with van der Waals surface area (Å²) in [5, 5.41) is 2.77. The number of quaternary nitrogens is 1. The molecule has 3 nitrogen and oxygen atoms in total. The standard InChI is InChI=1S/C13H16ClFN2O/c14-11-8-10(4-5-12(11)15)16-13(18)9-17-6-2-1-3-7-17/h4-5,8H,1-3,6-7,9H2,(H,16,18)/p+1. The summed E-state index contributed by atoms with van der Waals surface area (Å²) in [5.74, 6) is -0.522. The normalized spacial score (nSPS) is 16.6. The fourth-order valence-corrected chi connectivity index (χ4v) is 2.42. The molecule has 1 saturated heterocycles. The number of carbonyl (C=O) groups excluding carboxylic acids is 1. The van der Waals surface area contributed by atoms with Crippen LogP contribution in [0.25, 0.3) is 0 Å². The third-order valence-corrected chi connectivity index (χ3v) is 3.46. The molecule has 0 aliphatic carbocycles. The van der Waals surface area contributed by atoms with Gasteiger partial charge in [-0.15, -0.1) is 0 Å². The highest BCUT2D eigenvalue weighted by Gasteiger charge is 2.17. The lowest BCUT2D eigenvalue weighted by Gasteiger charge is -2.22. The summed E-state index contributed by atoms with van der Waals surface area (Å²) in [5.41, 5.74) is 0.544. The van der Waals surface area contributed by atoms with Gasteiger partial charge in [-0.2, -0.15) is 0 Å². The Bertz CT molecular complexity index is 433. The lowest BCUT2D eigenvalue weighted by atomic mass is 10.1. The highest BCUT2D eigenvalue weighted by atomic mass is 35.5. The number of anilines is 1. The Hall–Kier alpha value is -1.13. The van der Waals surface area contributed by atoms with Gasteiger partial charge in [0.15, 0.2) is 6.54 Å². The number of carbonyl (C=O) groups is 1. The number of hydrogen-bond donors (Lipinski definition) is 2. The molecule has 5 heteroatoms. The molecule has 0 spiro atoms. The number of benzene rings is 1. The van der Waals surface area contributed by atoms with E-state index < -0.39 is 5.82 Å². The molecule has 1 fully saturated rings. The molecule has 2 N–H and O–H groups in total. The first-order valence-corrected chi connectivity index (χ1v) is 6.61. The van der Waals surface area contributed by atoms with Crippen LogP contribution >= 0.6 is 11.6 Å². The van der Waals surface area contributed by atoms with Crippen LogP contribution in [0.5, 0.6) is 0 Å². The molecule has 98 valence electrons. The summed E-state index contributed by atoms with van der Waals surface area (Å²) in [6.45, 7) is 2.57. The van der Waals surface area contributed by atoms with Crippen molar-refractivity contribution in [2.24, 2.45) is 0 Å². The lowest BCUT2D eigenvalue weighted by molar-refractivity contribution is -0.896. The Balaban J connectivity index is 1.88. The van der Waals surface area contributed by atoms with Crippen LogP contribution in [0.15, 0.2) is 18.2 Å². The zero-order chi connectivity index (χ0) is 13.0. The molecule has 1 aliphatic heterocycles. The van der Waals surface area contributed by atoms with Gasteiger partial charge in [-0.05, 0) is 37.5 Å². The van der Waals surface area contributed by atoms with E-state index in [1.807, 2.05) is 0 Å². The van der Waals surface area contributed by atoms with Crippen LogP contribution in [0.3, 0.4) is 0 Å². The Morgan fingerprint density at radius 1 is 1.33 bits per heavy atom. The summed E-state index contributed by atoms with van der Waals surface area (Å²) in [6.07, 6.45) is 3.63. The van der Waals surface area contributed by atoms with Crippen LogP contribution < -0.4 is 10.2 Å². The minimum absolute atomic E-state index is 0.0260. The molecular weight excluding hydrogens is 255 g/mol. The van der Waals surface area contributed by atoms with Crippen molar-refractivity contribution < 1.29 is 14.1 Å². The Morgan fingerprint density at radius 3 is 2.72 bits per heavy atom. The van der Waals surface area contributed by atoms with Crippen LogP contribution in [0.2, 0.25) is 5.02 Å². The van der Waals surface area contributed by atoms with Crippen molar-refractivity contribution in [3.63, 3.8) is 0 Å². The summed E-state index contributed by atoms with van der Waals surface area (Å²) < 4.78 is 13.0. The second kappa shape index (κ2) is 6.16. The SMILES string of the molecule is O=C(C[NH+]1CCCCC1)Nc1ccc(F)c(Cl)c1. The molecule has 0 radical (unpaired) electrons. The molecule has 0 aromatic heterocycles. The van der Waals surface area contributed by atoms with Crippen molar-refractivity contribution in [1.82, 2.24) is 0 Å². The van der Waals surface area contributed by atoms with Gasteiger partial charge in [0.1, 0.15) is 5.82 Å². The van der Waals surface area contributed by atoms with Crippen LogP contribution in [-0.4, -0.2) is 25.5 Å². The molecule has 1 aromatic rings. The largest absolute Gasteiger partial charge is 0.327 e. The topological polar surface area (TPSA) is 33.5 Å². The highest BCUT2D eigenvalue weighted by molar-refractivity contribution is 6.31. The van der Waals surface area contributed by atoms with E-state index in [0.29, 0.717) is 12.2 Å². The maximum absolute atomic E-state index is 13.0. The highest BCUT2D eigenvalue weighted by Crippen LogP contribution is 2.19. The van der Waals surface area contributed by atoms with Crippen molar-refractivity contribution in [2.75, 3.05) is 25.0 Å². The van der Waals surface area contributed by atoms with Gasteiger partial charge in [0.2, 0.25) is 0 Å². The number of hydrogen-bond acceptors (Lipinski definition) is 1. The minimum Gasteiger partial charge on any atom is -0.327 e. The fraction of sp³-hybridized carbons (Fsp3) is 0.462. The molecule has 1 aliphatic rings. The van der Waals surface area contributed by atoms with Crippen molar-refractivity contribution in [2.45, 2.75) is 19.3 Å². The Labute approximate surface area is 111 Å². The van der Waals surface area contributed by atoms with E-state index in [1.54, 1.807) is 0 Å². The van der Waals surface area contributed by atoms with Crippen molar-refractivity contribution >= 4 is 23.2 Å². The van der Waals surface area contributed by atoms with Gasteiger partial charge in [-0.25, -0.2) is 4.39 Å². The average molecular weight is 272 g/mol. The van der Waals surface area contributed by atoms with E-state index in [0.717, 1.165) is 13.1 Å². The first-order chi connectivity index (χ1) is 8.65. The van der Waals surface area contributed by atoms with E-state index in [9.17, 15) is 9.18 Å². The first kappa shape index (κ1) is 13.3. The number of nitrogens with one attached hydrogen (secondary N) is 2. The second-order valence-corrected chi connectivity index (χ2v) is 5.07. The number of rotatable bonds is 3. The monoisotopic (exact) mass is 271 g/mol. The minimum atomic E-state index is -0.476. The molecule has 0 unspecified atom stereocenters. The van der Waals surface area contributed by atoms with Crippen molar-refractivity contribution in [1.29, 1.82) is 0 Å². The van der Waals surface area contributed by atoms with Gasteiger partial charge in [0.05, 0.1) is 18.1 Å². The third-order valence-electron chi connectivity index (χ3n) is 3.17. The number of likely N-dealkylation sites (tertiary alicyclic amines) is 1. The van der Waals surface area contributed by atoms with Crippen LogP contribution in [0.4, 0.5) is 10.1 Å². The van der Waals surface area contributed by atoms with Gasteiger partial charge < -0.3 is 10.2 Å². The number of piperidine rings is 1. The summed E-state index contributed by atoms with van der Waals surface area (Å²) in [7, 11) is 0.